The van der Waals surface area contributed by atoms with Crippen molar-refractivity contribution in [2.75, 3.05) is 5.75 Å². The van der Waals surface area contributed by atoms with Gasteiger partial charge in [-0.1, -0.05) is 51.5 Å². The fourth-order valence-corrected chi connectivity index (χ4v) is 4.91. The second-order valence-corrected chi connectivity index (χ2v) is 8.71. The van der Waals surface area contributed by atoms with Crippen LogP contribution in [0.15, 0.2) is 46.1 Å². The average molecular weight is 381 g/mol. The quantitative estimate of drug-likeness (QED) is 0.636. The molecule has 0 amide bonds. The molecule has 1 aromatic rings. The number of allylic oxidation sites excluding steroid dienone is 3. The van der Waals surface area contributed by atoms with Gasteiger partial charge in [0.2, 0.25) is 0 Å². The fourth-order valence-electron chi connectivity index (χ4n) is 3.76. The summed E-state index contributed by atoms with van der Waals surface area (Å²) in [5.74, 6) is 1.40. The first-order chi connectivity index (χ1) is 13.1. The van der Waals surface area contributed by atoms with E-state index in [1.54, 1.807) is 11.8 Å². The smallest absolute Gasteiger partial charge is 0.161 e. The largest absolute Gasteiger partial charge is 0.352 e. The number of benzene rings is 1. The molecule has 1 aromatic carbocycles. The van der Waals surface area contributed by atoms with Crippen molar-refractivity contribution in [3.63, 3.8) is 0 Å². The van der Waals surface area contributed by atoms with E-state index in [2.05, 4.69) is 56.4 Å². The Kier molecular flexibility index (Phi) is 6.44. The maximum Gasteiger partial charge on any atom is 0.161 e. The molecule has 1 heterocycles. The first kappa shape index (κ1) is 19.8. The van der Waals surface area contributed by atoms with Crippen LogP contribution in [-0.4, -0.2) is 11.5 Å². The molecular weight excluding hydrogens is 352 g/mol. The van der Waals surface area contributed by atoms with Gasteiger partial charge in [0.05, 0.1) is 22.6 Å². The lowest BCUT2D eigenvalue weighted by atomic mass is 9.76. The molecule has 0 bridgehead atoms. The molecule has 142 valence electrons. The summed E-state index contributed by atoms with van der Waals surface area (Å²) in [6, 6.07) is 10.9. The standard InChI is InChI=1S/C23H28N2OS/c1-4-5-13-27-23-18(14-24)21(17-11-9-16(10-12-17)15(2)3)22-19(25-23)7-6-8-20(22)26/h9-12,15,21,25H,4-8,13H2,1-3H3. The third kappa shape index (κ3) is 4.14. The molecule has 0 saturated heterocycles. The fraction of sp³-hybridized carbons (Fsp3) is 0.478. The Balaban J connectivity index is 2.05. The van der Waals surface area contributed by atoms with Gasteiger partial charge >= 0.3 is 0 Å². The molecule has 2 aliphatic rings. The maximum atomic E-state index is 12.8. The highest BCUT2D eigenvalue weighted by atomic mass is 32.2. The number of carbonyl (C=O) groups excluding carboxylic acids is 1. The number of thioether (sulfide) groups is 1. The van der Waals surface area contributed by atoms with Crippen molar-refractivity contribution in [3.8, 4) is 6.07 Å². The number of Topliss-reactive ketones (excluding diaryl/α,β-unsaturated/α-hetero) is 1. The van der Waals surface area contributed by atoms with Crippen LogP contribution in [0.5, 0.6) is 0 Å². The van der Waals surface area contributed by atoms with Gasteiger partial charge < -0.3 is 5.32 Å². The molecule has 1 atom stereocenters. The molecule has 3 rings (SSSR count). The van der Waals surface area contributed by atoms with Crippen LogP contribution < -0.4 is 5.32 Å². The van der Waals surface area contributed by atoms with Crippen LogP contribution in [0.1, 0.15) is 75.8 Å². The predicted molar refractivity (Wildman–Crippen MR) is 112 cm³/mol. The van der Waals surface area contributed by atoms with Crippen molar-refractivity contribution in [1.29, 1.82) is 5.26 Å². The van der Waals surface area contributed by atoms with Gasteiger partial charge in [0.15, 0.2) is 5.78 Å². The molecule has 0 aromatic heterocycles. The van der Waals surface area contributed by atoms with E-state index >= 15 is 0 Å². The van der Waals surface area contributed by atoms with Gasteiger partial charge in [0, 0.05) is 17.7 Å². The zero-order chi connectivity index (χ0) is 19.4. The average Bonchev–Trinajstić information content (AvgIpc) is 2.67. The second kappa shape index (κ2) is 8.80. The van der Waals surface area contributed by atoms with Crippen molar-refractivity contribution < 1.29 is 4.79 Å². The molecule has 1 aliphatic heterocycles. The van der Waals surface area contributed by atoms with Crippen LogP contribution in [0.25, 0.3) is 0 Å². The summed E-state index contributed by atoms with van der Waals surface area (Å²) in [7, 11) is 0. The summed E-state index contributed by atoms with van der Waals surface area (Å²) in [5, 5.41) is 14.4. The van der Waals surface area contributed by atoms with Gasteiger partial charge in [-0.05, 0) is 42.1 Å². The van der Waals surface area contributed by atoms with Crippen molar-refractivity contribution in [3.05, 3.63) is 57.3 Å². The van der Waals surface area contributed by atoms with Crippen LogP contribution in [-0.2, 0) is 4.79 Å². The molecular formula is C23H28N2OS. The lowest BCUT2D eigenvalue weighted by molar-refractivity contribution is -0.116. The molecule has 0 fully saturated rings. The Morgan fingerprint density at radius 1 is 1.26 bits per heavy atom. The molecule has 27 heavy (non-hydrogen) atoms. The number of nitriles is 1. The second-order valence-electron chi connectivity index (χ2n) is 7.60. The minimum atomic E-state index is -0.232. The number of carbonyl (C=O) groups is 1. The van der Waals surface area contributed by atoms with E-state index < -0.39 is 0 Å². The summed E-state index contributed by atoms with van der Waals surface area (Å²) in [5.41, 5.74) is 4.87. The number of nitrogens with zero attached hydrogens (tertiary/aromatic N) is 1. The van der Waals surface area contributed by atoms with E-state index in [9.17, 15) is 10.1 Å². The number of hydrogen-bond donors (Lipinski definition) is 1. The zero-order valence-electron chi connectivity index (χ0n) is 16.5. The van der Waals surface area contributed by atoms with Crippen molar-refractivity contribution in [2.24, 2.45) is 0 Å². The number of rotatable bonds is 6. The van der Waals surface area contributed by atoms with Gasteiger partial charge in [-0.2, -0.15) is 5.26 Å². The number of ketones is 1. The number of dihydropyridines is 1. The first-order valence-electron chi connectivity index (χ1n) is 9.97. The highest BCUT2D eigenvalue weighted by Gasteiger charge is 2.36. The van der Waals surface area contributed by atoms with E-state index in [0.717, 1.165) is 53.3 Å². The SMILES string of the molecule is CCCCSC1=C(C#N)C(c2ccc(C(C)C)cc2)C2=C(CCCC2=O)N1. The Bertz CT molecular complexity index is 812. The van der Waals surface area contributed by atoms with E-state index in [0.29, 0.717) is 17.9 Å². The molecule has 3 nitrogen and oxygen atoms in total. The van der Waals surface area contributed by atoms with Crippen LogP contribution in [0.3, 0.4) is 0 Å². The summed E-state index contributed by atoms with van der Waals surface area (Å²) >= 11 is 1.72. The minimum absolute atomic E-state index is 0.187. The lowest BCUT2D eigenvalue weighted by Crippen LogP contribution is -2.31. The van der Waals surface area contributed by atoms with Gasteiger partial charge in [0.1, 0.15) is 0 Å². The maximum absolute atomic E-state index is 12.8. The molecule has 0 saturated carbocycles. The Labute approximate surface area is 166 Å². The van der Waals surface area contributed by atoms with Crippen LogP contribution in [0.4, 0.5) is 0 Å². The number of nitrogens with one attached hydrogen (secondary N) is 1. The molecule has 1 unspecified atom stereocenters. The third-order valence-electron chi connectivity index (χ3n) is 5.34. The Morgan fingerprint density at radius 3 is 2.63 bits per heavy atom. The van der Waals surface area contributed by atoms with Crippen molar-refractivity contribution >= 4 is 17.5 Å². The minimum Gasteiger partial charge on any atom is -0.352 e. The van der Waals surface area contributed by atoms with E-state index in [1.807, 2.05) is 0 Å². The van der Waals surface area contributed by atoms with E-state index in [1.165, 1.54) is 5.56 Å². The van der Waals surface area contributed by atoms with Crippen LogP contribution in [0.2, 0.25) is 0 Å². The molecule has 1 aliphatic carbocycles. The van der Waals surface area contributed by atoms with E-state index in [4.69, 9.17) is 0 Å². The highest BCUT2D eigenvalue weighted by Crippen LogP contribution is 2.44. The van der Waals surface area contributed by atoms with Gasteiger partial charge in [-0.3, -0.25) is 4.79 Å². The van der Waals surface area contributed by atoms with Crippen molar-refractivity contribution in [1.82, 2.24) is 5.32 Å². The van der Waals surface area contributed by atoms with Crippen LogP contribution >= 0.6 is 11.8 Å². The van der Waals surface area contributed by atoms with Crippen molar-refractivity contribution in [2.45, 2.75) is 64.7 Å². The van der Waals surface area contributed by atoms with Crippen LogP contribution in [0, 0.1) is 11.3 Å². The topological polar surface area (TPSA) is 52.9 Å². The Morgan fingerprint density at radius 2 is 2.00 bits per heavy atom. The normalized spacial score (nSPS) is 19.8. The molecule has 4 heteroatoms. The summed E-state index contributed by atoms with van der Waals surface area (Å²) in [4.78, 5) is 12.8. The zero-order valence-corrected chi connectivity index (χ0v) is 17.3. The van der Waals surface area contributed by atoms with Gasteiger partial charge in [0.25, 0.3) is 0 Å². The monoisotopic (exact) mass is 380 g/mol. The first-order valence-corrected chi connectivity index (χ1v) is 11.0. The lowest BCUT2D eigenvalue weighted by Gasteiger charge is -2.33. The third-order valence-corrected chi connectivity index (χ3v) is 6.45. The summed E-state index contributed by atoms with van der Waals surface area (Å²) in [6.07, 6.45) is 4.61. The number of hydrogen-bond acceptors (Lipinski definition) is 4. The molecule has 0 spiro atoms. The summed E-state index contributed by atoms with van der Waals surface area (Å²) in [6.45, 7) is 6.52. The van der Waals surface area contributed by atoms with Gasteiger partial charge in [-0.25, -0.2) is 0 Å². The predicted octanol–water partition coefficient (Wildman–Crippen LogP) is 5.77. The molecule has 0 radical (unpaired) electrons. The number of unbranched alkanes of at least 4 members (excludes halogenated alkanes) is 1. The highest BCUT2D eigenvalue weighted by molar-refractivity contribution is 8.03. The van der Waals surface area contributed by atoms with E-state index in [-0.39, 0.29) is 11.7 Å². The summed E-state index contributed by atoms with van der Waals surface area (Å²) < 4.78 is 0. The molecule has 1 N–H and O–H groups in total. The van der Waals surface area contributed by atoms with Gasteiger partial charge in [-0.15, -0.1) is 11.8 Å². The Hall–Kier alpha value is -1.99.